The molecule has 8 nitrogen and oxygen atoms in total. The Labute approximate surface area is 214 Å². The van der Waals surface area contributed by atoms with Gasteiger partial charge < -0.3 is 4.55 Å². The van der Waals surface area contributed by atoms with E-state index in [9.17, 15) is 4.79 Å². The molecule has 184 valence electrons. The van der Waals surface area contributed by atoms with Crippen molar-refractivity contribution in [1.29, 1.82) is 0 Å². The quantitative estimate of drug-likeness (QED) is 0.572. The molecule has 0 aromatic heterocycles. The van der Waals surface area contributed by atoms with Crippen LogP contribution in [-0.2, 0) is 14.9 Å². The van der Waals surface area contributed by atoms with Crippen molar-refractivity contribution in [2.24, 2.45) is 5.10 Å². The SMILES string of the molecule is CS(=O)(=O)[O-].O=C(N[NH+]1CCCCC1)C1=NN(c2ccc(Cl)cc2Cl)[C@@H](c2ccc(Cl)cc2)C1. The van der Waals surface area contributed by atoms with Gasteiger partial charge in [-0.3, -0.25) is 9.80 Å². The van der Waals surface area contributed by atoms with E-state index in [2.05, 4.69) is 10.5 Å². The van der Waals surface area contributed by atoms with E-state index in [0.29, 0.717) is 39.1 Å². The van der Waals surface area contributed by atoms with Gasteiger partial charge in [0.05, 0.1) is 40.0 Å². The lowest BCUT2D eigenvalue weighted by atomic mass is 10.0. The number of hydrogen-bond donors (Lipinski definition) is 2. The second-order valence-electron chi connectivity index (χ2n) is 8.08. The van der Waals surface area contributed by atoms with Crippen LogP contribution in [0.15, 0.2) is 47.6 Å². The summed E-state index contributed by atoms with van der Waals surface area (Å²) in [6.45, 7) is 1.90. The lowest BCUT2D eigenvalue weighted by Gasteiger charge is -2.25. The first kappa shape index (κ1) is 26.7. The molecule has 12 heteroatoms. The predicted molar refractivity (Wildman–Crippen MR) is 133 cm³/mol. The number of benzene rings is 2. The molecule has 2 aromatic carbocycles. The summed E-state index contributed by atoms with van der Waals surface area (Å²) in [6.07, 6.45) is 4.57. The Morgan fingerprint density at radius 3 is 2.24 bits per heavy atom. The number of quaternary nitrogens is 1. The van der Waals surface area contributed by atoms with Crippen molar-refractivity contribution >= 4 is 62.2 Å². The summed E-state index contributed by atoms with van der Waals surface area (Å²) in [5.41, 5.74) is 5.30. The molecule has 2 aliphatic rings. The number of piperidine rings is 1. The molecular weight excluding hydrogens is 523 g/mol. The molecule has 0 bridgehead atoms. The average Bonchev–Trinajstić information content (AvgIpc) is 3.19. The van der Waals surface area contributed by atoms with Crippen LogP contribution in [0.4, 0.5) is 5.69 Å². The standard InChI is InChI=1S/C21H21Cl3N4O.CH4O3S/c22-15-6-4-14(5-7-15)20-13-18(21(29)26-27-10-2-1-3-11-27)25-28(20)19-9-8-16(23)12-17(19)24;1-5(2,3)4/h4-9,12,20H,1-3,10-11,13H2,(H,26,29);1H3,(H,2,3,4)/t20-;/m1./s1. The third kappa shape index (κ3) is 7.83. The fraction of sp³-hybridized carbons (Fsp3) is 0.364. The van der Waals surface area contributed by atoms with Gasteiger partial charge in [-0.15, -0.1) is 0 Å². The third-order valence-corrected chi connectivity index (χ3v) is 6.12. The lowest BCUT2D eigenvalue weighted by molar-refractivity contribution is -0.940. The van der Waals surface area contributed by atoms with Gasteiger partial charge in [-0.25, -0.2) is 13.4 Å². The number of nitrogens with zero attached hydrogens (tertiary/aromatic N) is 2. The van der Waals surface area contributed by atoms with Crippen molar-refractivity contribution in [3.8, 4) is 0 Å². The van der Waals surface area contributed by atoms with Crippen LogP contribution >= 0.6 is 34.8 Å². The first-order chi connectivity index (χ1) is 16.0. The van der Waals surface area contributed by atoms with E-state index in [4.69, 9.17) is 47.8 Å². The van der Waals surface area contributed by atoms with Gasteiger partial charge in [0.2, 0.25) is 0 Å². The van der Waals surface area contributed by atoms with Crippen molar-refractivity contribution < 1.29 is 22.8 Å². The minimum Gasteiger partial charge on any atom is -0.748 e. The topological polar surface area (TPSA) is 106 Å². The Morgan fingerprint density at radius 1 is 1.06 bits per heavy atom. The van der Waals surface area contributed by atoms with Crippen LogP contribution in [0.1, 0.15) is 37.3 Å². The number of halogens is 3. The van der Waals surface area contributed by atoms with Crippen LogP contribution in [-0.4, -0.2) is 43.9 Å². The van der Waals surface area contributed by atoms with Crippen LogP contribution in [0.3, 0.4) is 0 Å². The van der Waals surface area contributed by atoms with Gasteiger partial charge >= 0.3 is 5.91 Å². The Hall–Kier alpha value is -1.88. The molecule has 1 saturated heterocycles. The molecule has 2 aromatic rings. The molecule has 0 radical (unpaired) electrons. The number of hydrogen-bond acceptors (Lipinski definition) is 6. The Kier molecular flexibility index (Phi) is 9.20. The number of rotatable bonds is 4. The van der Waals surface area contributed by atoms with E-state index >= 15 is 0 Å². The number of carbonyl (C=O) groups is 1. The van der Waals surface area contributed by atoms with Gasteiger partial charge in [0.15, 0.2) is 0 Å². The normalized spacial score (nSPS) is 18.7. The van der Waals surface area contributed by atoms with E-state index < -0.39 is 10.1 Å². The first-order valence-electron chi connectivity index (χ1n) is 10.7. The van der Waals surface area contributed by atoms with Crippen molar-refractivity contribution in [3.05, 3.63) is 63.1 Å². The zero-order valence-electron chi connectivity index (χ0n) is 18.4. The summed E-state index contributed by atoms with van der Waals surface area (Å²) in [4.78, 5) is 12.9. The van der Waals surface area contributed by atoms with Gasteiger partial charge in [-0.2, -0.15) is 10.5 Å². The zero-order chi connectivity index (χ0) is 24.9. The number of nitrogens with one attached hydrogen (secondary N) is 2. The van der Waals surface area contributed by atoms with Gasteiger partial charge in [-0.1, -0.05) is 46.9 Å². The molecule has 2 N–H and O–H groups in total. The number of amides is 1. The van der Waals surface area contributed by atoms with Crippen LogP contribution in [0.2, 0.25) is 15.1 Å². The molecular formula is C22H25Cl3N4O4S. The molecule has 34 heavy (non-hydrogen) atoms. The van der Waals surface area contributed by atoms with Crippen LogP contribution in [0, 0.1) is 0 Å². The van der Waals surface area contributed by atoms with E-state index in [-0.39, 0.29) is 11.9 Å². The largest absolute Gasteiger partial charge is 0.748 e. The first-order valence-corrected chi connectivity index (χ1v) is 13.6. The summed E-state index contributed by atoms with van der Waals surface area (Å²) in [5, 5.41) is 9.28. The Morgan fingerprint density at radius 2 is 1.65 bits per heavy atom. The van der Waals surface area contributed by atoms with Gasteiger partial charge in [-0.05, 0) is 55.2 Å². The van der Waals surface area contributed by atoms with Crippen molar-refractivity contribution in [1.82, 2.24) is 5.43 Å². The molecule has 1 amide bonds. The Balaban J connectivity index is 0.000000588. The van der Waals surface area contributed by atoms with E-state index in [1.807, 2.05) is 35.3 Å². The molecule has 1 atom stereocenters. The second kappa shape index (κ2) is 11.7. The summed E-state index contributed by atoms with van der Waals surface area (Å²) in [7, 11) is -3.92. The maximum Gasteiger partial charge on any atom is 0.312 e. The molecule has 0 spiro atoms. The number of hydrazone groups is 1. The molecule has 1 fully saturated rings. The highest BCUT2D eigenvalue weighted by atomic mass is 35.5. The van der Waals surface area contributed by atoms with Crippen LogP contribution < -0.4 is 15.4 Å². The second-order valence-corrected chi connectivity index (χ2v) is 10.8. The number of anilines is 1. The van der Waals surface area contributed by atoms with E-state index in [0.717, 1.165) is 36.5 Å². The highest BCUT2D eigenvalue weighted by molar-refractivity contribution is 7.84. The van der Waals surface area contributed by atoms with E-state index in [1.54, 1.807) is 12.1 Å². The Bertz CT molecular complexity index is 1150. The molecule has 2 aliphatic heterocycles. The molecule has 0 saturated carbocycles. The maximum atomic E-state index is 12.9. The minimum atomic E-state index is -3.92. The van der Waals surface area contributed by atoms with E-state index in [1.165, 1.54) is 6.42 Å². The maximum absolute atomic E-state index is 12.9. The van der Waals surface area contributed by atoms with Gasteiger partial charge in [0.1, 0.15) is 5.71 Å². The van der Waals surface area contributed by atoms with Crippen molar-refractivity contribution in [2.45, 2.75) is 31.7 Å². The average molecular weight is 548 g/mol. The smallest absolute Gasteiger partial charge is 0.312 e. The van der Waals surface area contributed by atoms with Crippen molar-refractivity contribution in [2.75, 3.05) is 24.4 Å². The fourth-order valence-electron chi connectivity index (χ4n) is 3.82. The number of carbonyl (C=O) groups excluding carboxylic acids is 1. The highest BCUT2D eigenvalue weighted by Gasteiger charge is 2.34. The molecule has 0 aliphatic carbocycles. The van der Waals surface area contributed by atoms with Crippen molar-refractivity contribution in [3.63, 3.8) is 0 Å². The zero-order valence-corrected chi connectivity index (χ0v) is 21.5. The highest BCUT2D eigenvalue weighted by Crippen LogP contribution is 2.39. The summed E-state index contributed by atoms with van der Waals surface area (Å²) < 4.78 is 27.2. The van der Waals surface area contributed by atoms with Gasteiger partial charge in [0, 0.05) is 22.7 Å². The molecule has 4 rings (SSSR count). The fourth-order valence-corrected chi connectivity index (χ4v) is 4.44. The van der Waals surface area contributed by atoms with Crippen LogP contribution in [0.25, 0.3) is 0 Å². The lowest BCUT2D eigenvalue weighted by Crippen LogP contribution is -3.20. The van der Waals surface area contributed by atoms with Gasteiger partial charge in [0.25, 0.3) is 0 Å². The monoisotopic (exact) mass is 546 g/mol. The molecule has 2 heterocycles. The third-order valence-electron chi connectivity index (χ3n) is 5.33. The molecule has 0 unspecified atom stereocenters. The minimum absolute atomic E-state index is 0.131. The summed E-state index contributed by atoms with van der Waals surface area (Å²) in [5.74, 6) is -0.131. The van der Waals surface area contributed by atoms with Crippen LogP contribution in [0.5, 0.6) is 0 Å². The summed E-state index contributed by atoms with van der Waals surface area (Å²) in [6, 6.07) is 12.7. The predicted octanol–water partition coefficient (Wildman–Crippen LogP) is 3.22. The summed E-state index contributed by atoms with van der Waals surface area (Å²) >= 11 is 18.6.